The summed E-state index contributed by atoms with van der Waals surface area (Å²) in [7, 11) is -2.10. The quantitative estimate of drug-likeness (QED) is 0.694. The Morgan fingerprint density at radius 1 is 1.05 bits per heavy atom. The highest BCUT2D eigenvalue weighted by atomic mass is 32.2. The maximum atomic E-state index is 11.7. The number of esters is 1. The molecule has 0 saturated carbocycles. The van der Waals surface area contributed by atoms with Crippen LogP contribution >= 0.6 is 0 Å². The van der Waals surface area contributed by atoms with Crippen molar-refractivity contribution in [1.82, 2.24) is 4.72 Å². The minimum absolute atomic E-state index is 0.179. The van der Waals surface area contributed by atoms with Crippen molar-refractivity contribution in [3.8, 4) is 16.9 Å². The zero-order valence-electron chi connectivity index (χ0n) is 11.7. The lowest BCUT2D eigenvalue weighted by Gasteiger charge is -2.09. The summed E-state index contributed by atoms with van der Waals surface area (Å²) in [6.07, 6.45) is 0. The van der Waals surface area contributed by atoms with Gasteiger partial charge in [-0.1, -0.05) is 30.3 Å². The molecule has 6 heteroatoms. The Kier molecular flexibility index (Phi) is 4.40. The second-order valence-electron chi connectivity index (χ2n) is 4.32. The number of sulfonamides is 1. The van der Waals surface area contributed by atoms with Crippen LogP contribution in [0.15, 0.2) is 53.4 Å². The molecule has 0 spiro atoms. The second-order valence-corrected chi connectivity index (χ2v) is 6.21. The molecular weight excluding hydrogens is 290 g/mol. The second kappa shape index (κ2) is 6.07. The Balaban J connectivity index is 2.42. The van der Waals surface area contributed by atoms with E-state index >= 15 is 0 Å². The molecule has 2 rings (SSSR count). The van der Waals surface area contributed by atoms with E-state index in [1.54, 1.807) is 30.3 Å². The van der Waals surface area contributed by atoms with Crippen LogP contribution in [-0.4, -0.2) is 21.4 Å². The van der Waals surface area contributed by atoms with E-state index in [0.29, 0.717) is 5.75 Å². The number of ether oxygens (including phenoxy) is 1. The molecule has 0 amide bonds. The average molecular weight is 305 g/mol. The number of nitrogens with one attached hydrogen (secondary N) is 1. The fourth-order valence-electron chi connectivity index (χ4n) is 1.88. The third-order valence-electron chi connectivity index (χ3n) is 2.89. The number of rotatable bonds is 4. The number of carbonyl (C=O) groups excluding carboxylic acids is 1. The predicted octanol–water partition coefficient (Wildman–Crippen LogP) is 2.19. The number of hydrogen-bond donors (Lipinski definition) is 1. The number of carbonyl (C=O) groups is 1. The minimum atomic E-state index is -3.46. The fourth-order valence-corrected chi connectivity index (χ4v) is 2.61. The van der Waals surface area contributed by atoms with Gasteiger partial charge in [0.2, 0.25) is 10.0 Å². The van der Waals surface area contributed by atoms with E-state index in [9.17, 15) is 13.2 Å². The molecule has 0 radical (unpaired) electrons. The molecule has 0 atom stereocenters. The summed E-state index contributed by atoms with van der Waals surface area (Å²) in [4.78, 5) is 11.3. The Morgan fingerprint density at radius 2 is 1.67 bits per heavy atom. The van der Waals surface area contributed by atoms with E-state index in [-0.39, 0.29) is 4.90 Å². The SMILES string of the molecule is CNS(=O)(=O)c1ccc(-c2ccccc2OC(C)=O)cc1. The van der Waals surface area contributed by atoms with Gasteiger partial charge in [-0.25, -0.2) is 13.1 Å². The first-order valence-electron chi connectivity index (χ1n) is 6.25. The Bertz CT molecular complexity index is 751. The van der Waals surface area contributed by atoms with Gasteiger partial charge < -0.3 is 4.74 Å². The molecule has 21 heavy (non-hydrogen) atoms. The maximum absolute atomic E-state index is 11.7. The van der Waals surface area contributed by atoms with Crippen LogP contribution in [0.25, 0.3) is 11.1 Å². The van der Waals surface area contributed by atoms with E-state index in [1.165, 1.54) is 26.1 Å². The monoisotopic (exact) mass is 305 g/mol. The van der Waals surface area contributed by atoms with Gasteiger partial charge in [0.25, 0.3) is 0 Å². The van der Waals surface area contributed by atoms with Crippen LogP contribution in [0.4, 0.5) is 0 Å². The summed E-state index contributed by atoms with van der Waals surface area (Å²) in [5.74, 6) is 0.0334. The lowest BCUT2D eigenvalue weighted by molar-refractivity contribution is -0.131. The van der Waals surface area contributed by atoms with Crippen molar-refractivity contribution in [3.05, 3.63) is 48.5 Å². The third kappa shape index (κ3) is 3.48. The van der Waals surface area contributed by atoms with E-state index in [0.717, 1.165) is 11.1 Å². The largest absolute Gasteiger partial charge is 0.426 e. The van der Waals surface area contributed by atoms with Gasteiger partial charge in [-0.3, -0.25) is 4.79 Å². The normalized spacial score (nSPS) is 11.1. The summed E-state index contributed by atoms with van der Waals surface area (Å²) in [6, 6.07) is 13.4. The molecule has 0 fully saturated rings. The standard InChI is InChI=1S/C15H15NO4S/c1-11(17)20-15-6-4-3-5-14(15)12-7-9-13(10-8-12)21(18,19)16-2/h3-10,16H,1-2H3. The lowest BCUT2D eigenvalue weighted by Crippen LogP contribution is -2.18. The highest BCUT2D eigenvalue weighted by Crippen LogP contribution is 2.30. The molecule has 5 nitrogen and oxygen atoms in total. The minimum Gasteiger partial charge on any atom is -0.426 e. The van der Waals surface area contributed by atoms with Crippen molar-refractivity contribution in [2.24, 2.45) is 0 Å². The van der Waals surface area contributed by atoms with Crippen molar-refractivity contribution in [2.75, 3.05) is 7.05 Å². The molecule has 0 aliphatic heterocycles. The molecule has 0 bridgehead atoms. The van der Waals surface area contributed by atoms with Crippen LogP contribution in [0.2, 0.25) is 0 Å². The van der Waals surface area contributed by atoms with Gasteiger partial charge in [0.15, 0.2) is 0 Å². The first-order chi connectivity index (χ1) is 9.94. The topological polar surface area (TPSA) is 72.5 Å². The van der Waals surface area contributed by atoms with Gasteiger partial charge in [0.1, 0.15) is 5.75 Å². The van der Waals surface area contributed by atoms with E-state index in [4.69, 9.17) is 4.74 Å². The van der Waals surface area contributed by atoms with Gasteiger partial charge in [-0.05, 0) is 30.8 Å². The van der Waals surface area contributed by atoms with Gasteiger partial charge in [0, 0.05) is 12.5 Å². The Labute approximate surface area is 123 Å². The van der Waals surface area contributed by atoms with E-state index in [2.05, 4.69) is 4.72 Å². The van der Waals surface area contributed by atoms with Crippen LogP contribution in [0.3, 0.4) is 0 Å². The van der Waals surface area contributed by atoms with Gasteiger partial charge in [-0.15, -0.1) is 0 Å². The molecule has 0 unspecified atom stereocenters. The van der Waals surface area contributed by atoms with Crippen LogP contribution in [0.5, 0.6) is 5.75 Å². The first-order valence-corrected chi connectivity index (χ1v) is 7.74. The molecule has 110 valence electrons. The molecule has 0 aliphatic carbocycles. The van der Waals surface area contributed by atoms with E-state index in [1.807, 2.05) is 6.07 Å². The number of hydrogen-bond acceptors (Lipinski definition) is 4. The van der Waals surface area contributed by atoms with Crippen molar-refractivity contribution < 1.29 is 17.9 Å². The van der Waals surface area contributed by atoms with Crippen LogP contribution in [-0.2, 0) is 14.8 Å². The van der Waals surface area contributed by atoms with Crippen LogP contribution in [0, 0.1) is 0 Å². The number of para-hydroxylation sites is 1. The molecule has 0 aliphatic rings. The number of benzene rings is 2. The highest BCUT2D eigenvalue weighted by molar-refractivity contribution is 7.89. The zero-order chi connectivity index (χ0) is 15.5. The van der Waals surface area contributed by atoms with Gasteiger partial charge in [0.05, 0.1) is 4.90 Å². The third-order valence-corrected chi connectivity index (χ3v) is 4.32. The first kappa shape index (κ1) is 15.2. The Morgan fingerprint density at radius 3 is 2.24 bits per heavy atom. The Hall–Kier alpha value is -2.18. The van der Waals surface area contributed by atoms with Crippen molar-refractivity contribution in [2.45, 2.75) is 11.8 Å². The van der Waals surface area contributed by atoms with Crippen LogP contribution < -0.4 is 9.46 Å². The van der Waals surface area contributed by atoms with Crippen molar-refractivity contribution >= 4 is 16.0 Å². The van der Waals surface area contributed by atoms with Crippen molar-refractivity contribution in [3.63, 3.8) is 0 Å². The maximum Gasteiger partial charge on any atom is 0.308 e. The van der Waals surface area contributed by atoms with Crippen LogP contribution in [0.1, 0.15) is 6.92 Å². The van der Waals surface area contributed by atoms with Gasteiger partial charge in [-0.2, -0.15) is 0 Å². The smallest absolute Gasteiger partial charge is 0.308 e. The predicted molar refractivity (Wildman–Crippen MR) is 79.4 cm³/mol. The zero-order valence-corrected chi connectivity index (χ0v) is 12.5. The van der Waals surface area contributed by atoms with Crippen molar-refractivity contribution in [1.29, 1.82) is 0 Å². The molecular formula is C15H15NO4S. The summed E-state index contributed by atoms with van der Waals surface area (Å²) >= 11 is 0. The molecule has 0 saturated heterocycles. The summed E-state index contributed by atoms with van der Waals surface area (Å²) in [5, 5.41) is 0. The fraction of sp³-hybridized carbons (Fsp3) is 0.133. The van der Waals surface area contributed by atoms with Gasteiger partial charge >= 0.3 is 5.97 Å². The molecule has 1 N–H and O–H groups in total. The summed E-state index contributed by atoms with van der Waals surface area (Å²) < 4.78 is 30.8. The molecule has 0 aromatic heterocycles. The molecule has 0 heterocycles. The lowest BCUT2D eigenvalue weighted by atomic mass is 10.1. The highest BCUT2D eigenvalue weighted by Gasteiger charge is 2.12. The summed E-state index contributed by atoms with van der Waals surface area (Å²) in [5.41, 5.74) is 1.49. The van der Waals surface area contributed by atoms with E-state index < -0.39 is 16.0 Å². The average Bonchev–Trinajstić information content (AvgIpc) is 2.47. The summed E-state index contributed by atoms with van der Waals surface area (Å²) in [6.45, 7) is 1.33. The molecule has 2 aromatic carbocycles. The molecule has 2 aromatic rings.